The first-order valence-electron chi connectivity index (χ1n) is 5.70. The lowest BCUT2D eigenvalue weighted by Crippen LogP contribution is -2.50. The van der Waals surface area contributed by atoms with Crippen molar-refractivity contribution in [2.45, 2.75) is 38.8 Å². The molecule has 0 saturated carbocycles. The summed E-state index contributed by atoms with van der Waals surface area (Å²) < 4.78 is 0. The number of rotatable bonds is 5. The maximum absolute atomic E-state index is 11.4. The Morgan fingerprint density at radius 2 is 2.18 bits per heavy atom. The van der Waals surface area contributed by atoms with Crippen LogP contribution in [-0.4, -0.2) is 22.2 Å². The van der Waals surface area contributed by atoms with E-state index in [9.17, 15) is 15.0 Å². The summed E-state index contributed by atoms with van der Waals surface area (Å²) in [7, 11) is 0. The largest absolute Gasteiger partial charge is 0.508 e. The second kappa shape index (κ2) is 5.19. The molecule has 0 heterocycles. The first-order chi connectivity index (χ1) is 7.90. The minimum absolute atomic E-state index is 0.0703. The Morgan fingerprint density at radius 3 is 2.65 bits per heavy atom. The highest BCUT2D eigenvalue weighted by Gasteiger charge is 2.36. The van der Waals surface area contributed by atoms with Gasteiger partial charge in [0.1, 0.15) is 11.3 Å². The van der Waals surface area contributed by atoms with Gasteiger partial charge in [0.15, 0.2) is 0 Å². The number of hydrogen-bond donors (Lipinski definition) is 3. The summed E-state index contributed by atoms with van der Waals surface area (Å²) in [6.07, 6.45) is 0.835. The lowest BCUT2D eigenvalue weighted by Gasteiger charge is -2.30. The minimum Gasteiger partial charge on any atom is -0.508 e. The molecule has 0 aliphatic heterocycles. The van der Waals surface area contributed by atoms with Gasteiger partial charge >= 0.3 is 5.97 Å². The maximum atomic E-state index is 11.4. The smallest absolute Gasteiger partial charge is 0.328 e. The molecule has 0 saturated heterocycles. The van der Waals surface area contributed by atoms with Crippen molar-refractivity contribution in [3.05, 3.63) is 29.8 Å². The third-order valence-corrected chi connectivity index (χ3v) is 3.00. The fourth-order valence-corrected chi connectivity index (χ4v) is 1.68. The monoisotopic (exact) mass is 237 g/mol. The van der Waals surface area contributed by atoms with Crippen LogP contribution in [0.5, 0.6) is 5.75 Å². The zero-order chi connectivity index (χ0) is 13.1. The number of benzene rings is 1. The highest BCUT2D eigenvalue weighted by Crippen LogP contribution is 2.25. The van der Waals surface area contributed by atoms with E-state index in [1.165, 1.54) is 12.1 Å². The topological polar surface area (TPSA) is 69.6 Å². The third kappa shape index (κ3) is 2.97. The van der Waals surface area contributed by atoms with E-state index in [0.29, 0.717) is 5.56 Å². The van der Waals surface area contributed by atoms with Crippen molar-refractivity contribution in [3.8, 4) is 5.75 Å². The number of phenols is 1. The first kappa shape index (κ1) is 13.5. The highest BCUT2D eigenvalue weighted by atomic mass is 16.4. The average molecular weight is 237 g/mol. The molecule has 0 fully saturated rings. The molecule has 94 valence electrons. The van der Waals surface area contributed by atoms with Gasteiger partial charge in [0.2, 0.25) is 0 Å². The van der Waals surface area contributed by atoms with Crippen LogP contribution in [0.25, 0.3) is 0 Å². The molecular formula is C13H19NO3. The summed E-state index contributed by atoms with van der Waals surface area (Å²) in [4.78, 5) is 11.4. The first-order valence-corrected chi connectivity index (χ1v) is 5.70. The molecule has 4 heteroatoms. The van der Waals surface area contributed by atoms with E-state index in [1.54, 1.807) is 19.1 Å². The van der Waals surface area contributed by atoms with Gasteiger partial charge < -0.3 is 10.2 Å². The van der Waals surface area contributed by atoms with Crippen molar-refractivity contribution in [1.29, 1.82) is 0 Å². The van der Waals surface area contributed by atoms with Crippen LogP contribution in [0.3, 0.4) is 0 Å². The van der Waals surface area contributed by atoms with Gasteiger partial charge in [0.25, 0.3) is 0 Å². The molecule has 0 radical (unpaired) electrons. The summed E-state index contributed by atoms with van der Waals surface area (Å²) in [5.41, 5.74) is -0.640. The van der Waals surface area contributed by atoms with Crippen molar-refractivity contribution in [2.24, 2.45) is 0 Å². The van der Waals surface area contributed by atoms with E-state index >= 15 is 0 Å². The van der Waals surface area contributed by atoms with Gasteiger partial charge in [-0.25, -0.2) is 4.79 Å². The third-order valence-electron chi connectivity index (χ3n) is 3.00. The van der Waals surface area contributed by atoms with Crippen molar-refractivity contribution in [1.82, 2.24) is 5.32 Å². The Labute approximate surface area is 101 Å². The molecule has 4 nitrogen and oxygen atoms in total. The van der Waals surface area contributed by atoms with Crippen molar-refractivity contribution in [2.75, 3.05) is 0 Å². The van der Waals surface area contributed by atoms with Gasteiger partial charge in [-0.3, -0.25) is 5.32 Å². The number of hydrogen-bond acceptors (Lipinski definition) is 3. The predicted octanol–water partition coefficient (Wildman–Crippen LogP) is 2.08. The summed E-state index contributed by atoms with van der Waals surface area (Å²) in [5.74, 6) is -0.885. The van der Waals surface area contributed by atoms with Crippen molar-refractivity contribution < 1.29 is 15.0 Å². The molecule has 17 heavy (non-hydrogen) atoms. The molecule has 0 aromatic heterocycles. The Hall–Kier alpha value is -1.55. The van der Waals surface area contributed by atoms with Crippen LogP contribution >= 0.6 is 0 Å². The standard InChI is InChI=1S/C13H19NO3/c1-4-9(2)14-13(3,12(16)17)10-6-5-7-11(15)8-10/h5-9,14-15H,4H2,1-3H3,(H,16,17). The van der Waals surface area contributed by atoms with E-state index in [1.807, 2.05) is 13.8 Å². The zero-order valence-electron chi connectivity index (χ0n) is 10.4. The summed E-state index contributed by atoms with van der Waals surface area (Å²) >= 11 is 0. The molecule has 0 spiro atoms. The lowest BCUT2D eigenvalue weighted by molar-refractivity contribution is -0.145. The van der Waals surface area contributed by atoms with Gasteiger partial charge in [-0.1, -0.05) is 19.1 Å². The van der Waals surface area contributed by atoms with Gasteiger partial charge in [-0.15, -0.1) is 0 Å². The highest BCUT2D eigenvalue weighted by molar-refractivity contribution is 5.80. The van der Waals surface area contributed by atoms with Crippen LogP contribution in [0.2, 0.25) is 0 Å². The fraction of sp³-hybridized carbons (Fsp3) is 0.462. The van der Waals surface area contributed by atoms with E-state index < -0.39 is 11.5 Å². The molecule has 1 aromatic rings. The lowest BCUT2D eigenvalue weighted by atomic mass is 9.90. The number of phenolic OH excluding ortho intramolecular Hbond substituents is 1. The summed E-state index contributed by atoms with van der Waals surface area (Å²) in [5, 5.41) is 21.9. The van der Waals surface area contributed by atoms with Crippen LogP contribution in [0.15, 0.2) is 24.3 Å². The van der Waals surface area contributed by atoms with Crippen molar-refractivity contribution in [3.63, 3.8) is 0 Å². The zero-order valence-corrected chi connectivity index (χ0v) is 10.4. The van der Waals surface area contributed by atoms with E-state index in [0.717, 1.165) is 6.42 Å². The number of aliphatic carboxylic acids is 1. The molecule has 0 aliphatic carbocycles. The molecule has 1 aromatic carbocycles. The number of carboxylic acid groups (broad SMARTS) is 1. The van der Waals surface area contributed by atoms with Gasteiger partial charge in [-0.2, -0.15) is 0 Å². The Bertz CT molecular complexity index is 405. The SMILES string of the molecule is CCC(C)NC(C)(C(=O)O)c1cccc(O)c1. The van der Waals surface area contributed by atoms with Gasteiger partial charge in [0, 0.05) is 6.04 Å². The molecule has 0 amide bonds. The molecule has 2 atom stereocenters. The van der Waals surface area contributed by atoms with E-state index in [4.69, 9.17) is 0 Å². The normalized spacial score (nSPS) is 16.2. The minimum atomic E-state index is -1.19. The molecule has 0 aliphatic rings. The van der Waals surface area contributed by atoms with Crippen LogP contribution in [0.1, 0.15) is 32.8 Å². The van der Waals surface area contributed by atoms with E-state index in [2.05, 4.69) is 5.32 Å². The second-order valence-corrected chi connectivity index (χ2v) is 4.43. The molecule has 1 rings (SSSR count). The second-order valence-electron chi connectivity index (χ2n) is 4.43. The van der Waals surface area contributed by atoms with E-state index in [-0.39, 0.29) is 11.8 Å². The van der Waals surface area contributed by atoms with Crippen LogP contribution in [-0.2, 0) is 10.3 Å². The summed E-state index contributed by atoms with van der Waals surface area (Å²) in [6.45, 7) is 5.53. The van der Waals surface area contributed by atoms with Gasteiger partial charge in [-0.05, 0) is 38.0 Å². The number of carboxylic acids is 1. The molecular weight excluding hydrogens is 218 g/mol. The Balaban J connectivity index is 3.11. The molecule has 2 unspecified atom stereocenters. The maximum Gasteiger partial charge on any atom is 0.328 e. The van der Waals surface area contributed by atoms with Crippen molar-refractivity contribution >= 4 is 5.97 Å². The fourth-order valence-electron chi connectivity index (χ4n) is 1.68. The van der Waals surface area contributed by atoms with Gasteiger partial charge in [0.05, 0.1) is 0 Å². The van der Waals surface area contributed by atoms with Crippen LogP contribution < -0.4 is 5.32 Å². The van der Waals surface area contributed by atoms with Crippen LogP contribution in [0.4, 0.5) is 0 Å². The number of nitrogens with one attached hydrogen (secondary N) is 1. The van der Waals surface area contributed by atoms with Crippen LogP contribution in [0, 0.1) is 0 Å². The molecule has 3 N–H and O–H groups in total. The Morgan fingerprint density at radius 1 is 1.53 bits per heavy atom. The Kier molecular flexibility index (Phi) is 4.12. The predicted molar refractivity (Wildman–Crippen MR) is 66.0 cm³/mol. The molecule has 0 bridgehead atoms. The summed E-state index contributed by atoms with van der Waals surface area (Å²) in [6, 6.07) is 6.42. The number of aromatic hydroxyl groups is 1. The quantitative estimate of drug-likeness (QED) is 0.733. The number of carbonyl (C=O) groups is 1. The average Bonchev–Trinajstić information content (AvgIpc) is 2.28.